The van der Waals surface area contributed by atoms with E-state index in [2.05, 4.69) is 10.6 Å². The van der Waals surface area contributed by atoms with Crippen LogP contribution >= 0.6 is 11.6 Å². The number of nitrogens with one attached hydrogen (secondary N) is 2. The zero-order valence-corrected chi connectivity index (χ0v) is 17.7. The van der Waals surface area contributed by atoms with Gasteiger partial charge in [-0.05, 0) is 30.7 Å². The fourth-order valence-electron chi connectivity index (χ4n) is 3.01. The fraction of sp³-hybridized carbons (Fsp3) is 0.261. The lowest BCUT2D eigenvalue weighted by atomic mass is 10.1. The normalized spacial score (nSPS) is 10.6. The molecule has 6 nitrogen and oxygen atoms in total. The summed E-state index contributed by atoms with van der Waals surface area (Å²) in [6, 6.07) is 17.1. The third-order valence-corrected chi connectivity index (χ3v) is 4.78. The minimum Gasteiger partial charge on any atom is -0.356 e. The second-order valence-electron chi connectivity index (χ2n) is 6.92. The van der Waals surface area contributed by atoms with Crippen molar-refractivity contribution in [3.8, 4) is 16.9 Å². The number of hydrogen-bond donors (Lipinski definition) is 2. The predicted octanol–water partition coefficient (Wildman–Crippen LogP) is 3.77. The number of aromatic nitrogens is 2. The monoisotopic (exact) mass is 424 g/mol. The molecule has 0 unspecified atom stereocenters. The molecule has 0 saturated heterocycles. The number of halogens is 1. The summed E-state index contributed by atoms with van der Waals surface area (Å²) in [5.74, 6) is -0.211. The summed E-state index contributed by atoms with van der Waals surface area (Å²) in [6.45, 7) is 2.95. The lowest BCUT2D eigenvalue weighted by Crippen LogP contribution is -2.31. The molecular formula is C23H25ClN4O2. The molecule has 0 aliphatic heterocycles. The van der Waals surface area contributed by atoms with Gasteiger partial charge in [0.1, 0.15) is 0 Å². The van der Waals surface area contributed by atoms with Crippen molar-refractivity contribution in [3.05, 3.63) is 71.4 Å². The highest BCUT2D eigenvalue weighted by Crippen LogP contribution is 2.25. The summed E-state index contributed by atoms with van der Waals surface area (Å²) >= 11 is 6.02. The Bertz CT molecular complexity index is 984. The fourth-order valence-corrected chi connectivity index (χ4v) is 3.13. The molecular weight excluding hydrogens is 400 g/mol. The van der Waals surface area contributed by atoms with Crippen LogP contribution in [-0.4, -0.2) is 34.7 Å². The molecule has 3 rings (SSSR count). The Morgan fingerprint density at radius 1 is 0.967 bits per heavy atom. The van der Waals surface area contributed by atoms with Crippen LogP contribution in [0.25, 0.3) is 16.9 Å². The van der Waals surface area contributed by atoms with Crippen LogP contribution < -0.4 is 10.6 Å². The smallest absolute Gasteiger partial charge is 0.224 e. The lowest BCUT2D eigenvalue weighted by Gasteiger charge is -2.06. The van der Waals surface area contributed by atoms with E-state index < -0.39 is 0 Å². The summed E-state index contributed by atoms with van der Waals surface area (Å²) in [7, 11) is 0. The highest BCUT2D eigenvalue weighted by molar-refractivity contribution is 6.30. The van der Waals surface area contributed by atoms with E-state index in [-0.39, 0.29) is 24.7 Å². The largest absolute Gasteiger partial charge is 0.356 e. The van der Waals surface area contributed by atoms with E-state index in [1.165, 1.54) is 0 Å². The SMILES string of the molecule is CCCNC(=O)CCNC(=O)Cc1cn(-c2ccccc2)nc1-c1ccc(Cl)cc1. The van der Waals surface area contributed by atoms with Crippen molar-refractivity contribution in [2.45, 2.75) is 26.2 Å². The molecule has 1 heterocycles. The van der Waals surface area contributed by atoms with Gasteiger partial charge in [0.25, 0.3) is 0 Å². The maximum Gasteiger partial charge on any atom is 0.224 e. The standard InChI is InChI=1S/C23H25ClN4O2/c1-2-13-25-21(29)12-14-26-22(30)15-18-16-28(20-6-4-3-5-7-20)27-23(18)17-8-10-19(24)11-9-17/h3-11,16H,2,12-15H2,1H3,(H,25,29)(H,26,30). The molecule has 30 heavy (non-hydrogen) atoms. The van der Waals surface area contributed by atoms with Crippen molar-refractivity contribution < 1.29 is 9.59 Å². The average Bonchev–Trinajstić information content (AvgIpc) is 3.17. The third kappa shape index (κ3) is 5.94. The second kappa shape index (κ2) is 10.6. The molecule has 0 aliphatic carbocycles. The van der Waals surface area contributed by atoms with Crippen LogP contribution in [0.15, 0.2) is 60.8 Å². The topological polar surface area (TPSA) is 76.0 Å². The first-order chi connectivity index (χ1) is 14.6. The van der Waals surface area contributed by atoms with E-state index in [9.17, 15) is 9.59 Å². The van der Waals surface area contributed by atoms with Crippen LogP contribution in [0.4, 0.5) is 0 Å². The molecule has 0 aliphatic rings. The summed E-state index contributed by atoms with van der Waals surface area (Å²) < 4.78 is 1.77. The number of hydrogen-bond acceptors (Lipinski definition) is 3. The first-order valence-corrected chi connectivity index (χ1v) is 10.4. The molecule has 0 saturated carbocycles. The Morgan fingerprint density at radius 3 is 2.37 bits per heavy atom. The van der Waals surface area contributed by atoms with E-state index in [1.54, 1.807) is 16.8 Å². The second-order valence-corrected chi connectivity index (χ2v) is 7.35. The highest BCUT2D eigenvalue weighted by atomic mass is 35.5. The van der Waals surface area contributed by atoms with E-state index in [0.717, 1.165) is 28.9 Å². The van der Waals surface area contributed by atoms with E-state index in [1.807, 2.05) is 55.6 Å². The summed E-state index contributed by atoms with van der Waals surface area (Å²) in [5, 5.41) is 11.0. The van der Waals surface area contributed by atoms with Crippen molar-refractivity contribution in [1.82, 2.24) is 20.4 Å². The third-order valence-electron chi connectivity index (χ3n) is 4.53. The number of carbonyl (C=O) groups is 2. The van der Waals surface area contributed by atoms with Crippen LogP contribution in [0.3, 0.4) is 0 Å². The first-order valence-electron chi connectivity index (χ1n) is 10.00. The van der Waals surface area contributed by atoms with Crippen LogP contribution in [-0.2, 0) is 16.0 Å². The lowest BCUT2D eigenvalue weighted by molar-refractivity contribution is -0.122. The Kier molecular flexibility index (Phi) is 7.63. The van der Waals surface area contributed by atoms with E-state index in [0.29, 0.717) is 18.1 Å². The van der Waals surface area contributed by atoms with Gasteiger partial charge in [-0.15, -0.1) is 0 Å². The minimum absolute atomic E-state index is 0.0594. The maximum atomic E-state index is 12.5. The van der Waals surface area contributed by atoms with Gasteiger partial charge in [-0.3, -0.25) is 9.59 Å². The molecule has 0 fully saturated rings. The Morgan fingerprint density at radius 2 is 1.67 bits per heavy atom. The molecule has 7 heteroatoms. The molecule has 0 spiro atoms. The summed E-state index contributed by atoms with van der Waals surface area (Å²) in [5.41, 5.74) is 3.32. The molecule has 0 radical (unpaired) electrons. The molecule has 3 aromatic rings. The molecule has 0 bridgehead atoms. The van der Waals surface area contributed by atoms with Gasteiger partial charge in [0.05, 0.1) is 17.8 Å². The number of rotatable bonds is 9. The summed E-state index contributed by atoms with van der Waals surface area (Å²) in [4.78, 5) is 24.2. The van der Waals surface area contributed by atoms with Gasteiger partial charge in [0, 0.05) is 41.9 Å². The van der Waals surface area contributed by atoms with Crippen molar-refractivity contribution in [1.29, 1.82) is 0 Å². The zero-order chi connectivity index (χ0) is 21.3. The number of benzene rings is 2. The number of amides is 2. The maximum absolute atomic E-state index is 12.5. The highest BCUT2D eigenvalue weighted by Gasteiger charge is 2.15. The molecule has 2 N–H and O–H groups in total. The van der Waals surface area contributed by atoms with Crippen molar-refractivity contribution in [2.75, 3.05) is 13.1 Å². The Labute approximate surface area is 181 Å². The molecule has 2 aromatic carbocycles. The molecule has 2 amide bonds. The average molecular weight is 425 g/mol. The minimum atomic E-state index is -0.152. The van der Waals surface area contributed by atoms with Gasteiger partial charge in [-0.1, -0.05) is 48.9 Å². The first kappa shape index (κ1) is 21.6. The number of carbonyl (C=O) groups excluding carboxylic acids is 2. The number of nitrogens with zero attached hydrogens (tertiary/aromatic N) is 2. The van der Waals surface area contributed by atoms with Gasteiger partial charge in [0.2, 0.25) is 11.8 Å². The Balaban J connectivity index is 1.74. The van der Waals surface area contributed by atoms with Gasteiger partial charge < -0.3 is 10.6 Å². The molecule has 0 atom stereocenters. The predicted molar refractivity (Wildman–Crippen MR) is 119 cm³/mol. The quantitative estimate of drug-likeness (QED) is 0.549. The van der Waals surface area contributed by atoms with Gasteiger partial charge in [0.15, 0.2) is 0 Å². The van der Waals surface area contributed by atoms with E-state index in [4.69, 9.17) is 16.7 Å². The van der Waals surface area contributed by atoms with Crippen LogP contribution in [0.2, 0.25) is 5.02 Å². The zero-order valence-electron chi connectivity index (χ0n) is 16.9. The van der Waals surface area contributed by atoms with Gasteiger partial charge in [-0.25, -0.2) is 4.68 Å². The molecule has 1 aromatic heterocycles. The summed E-state index contributed by atoms with van der Waals surface area (Å²) in [6.07, 6.45) is 3.18. The van der Waals surface area contributed by atoms with Crippen LogP contribution in [0.1, 0.15) is 25.3 Å². The van der Waals surface area contributed by atoms with Crippen molar-refractivity contribution in [2.24, 2.45) is 0 Å². The molecule has 156 valence electrons. The van der Waals surface area contributed by atoms with Gasteiger partial charge >= 0.3 is 0 Å². The van der Waals surface area contributed by atoms with Crippen molar-refractivity contribution in [3.63, 3.8) is 0 Å². The van der Waals surface area contributed by atoms with Crippen LogP contribution in [0, 0.1) is 0 Å². The van der Waals surface area contributed by atoms with Crippen molar-refractivity contribution >= 4 is 23.4 Å². The number of para-hydroxylation sites is 1. The Hall–Kier alpha value is -3.12. The van der Waals surface area contributed by atoms with Gasteiger partial charge in [-0.2, -0.15) is 5.10 Å². The van der Waals surface area contributed by atoms with Crippen LogP contribution in [0.5, 0.6) is 0 Å². The van der Waals surface area contributed by atoms with E-state index >= 15 is 0 Å².